The average molecular weight is 385 g/mol. The molecule has 1 aliphatic rings. The fourth-order valence-corrected chi connectivity index (χ4v) is 3.64. The van der Waals surface area contributed by atoms with E-state index >= 15 is 0 Å². The highest BCUT2D eigenvalue weighted by Gasteiger charge is 2.25. The summed E-state index contributed by atoms with van der Waals surface area (Å²) in [5.41, 5.74) is 1.86. The number of nitrogens with zero attached hydrogens (tertiary/aromatic N) is 5. The molecule has 1 fully saturated rings. The van der Waals surface area contributed by atoms with Gasteiger partial charge in [0.15, 0.2) is 5.65 Å². The van der Waals surface area contributed by atoms with Crippen LogP contribution in [0.1, 0.15) is 18.4 Å². The Kier molecular flexibility index (Phi) is 5.20. The third kappa shape index (κ3) is 4.19. The highest BCUT2D eigenvalue weighted by Crippen LogP contribution is 2.22. The molecule has 1 aromatic carbocycles. The number of carbonyl (C=O) groups is 1. The van der Waals surface area contributed by atoms with Crippen molar-refractivity contribution in [1.82, 2.24) is 25.1 Å². The molecular formula is C19H21ClN6O. The fraction of sp³-hybridized carbons (Fsp3) is 0.368. The minimum atomic E-state index is 0.0549. The molecule has 0 atom stereocenters. The number of nitrogens with one attached hydrogen (secondary N) is 1. The molecule has 140 valence electrons. The van der Waals surface area contributed by atoms with E-state index in [2.05, 4.69) is 25.5 Å². The lowest BCUT2D eigenvalue weighted by atomic mass is 9.96. The third-order valence-electron chi connectivity index (χ3n) is 4.94. The van der Waals surface area contributed by atoms with Crippen LogP contribution in [0.25, 0.3) is 5.65 Å². The number of anilines is 1. The van der Waals surface area contributed by atoms with Crippen LogP contribution in [0.3, 0.4) is 0 Å². The van der Waals surface area contributed by atoms with Crippen molar-refractivity contribution >= 4 is 29.0 Å². The Morgan fingerprint density at radius 1 is 1.22 bits per heavy atom. The smallest absolute Gasteiger partial charge is 0.223 e. The maximum atomic E-state index is 12.4. The number of carbonyl (C=O) groups excluding carboxylic acids is 1. The summed E-state index contributed by atoms with van der Waals surface area (Å²) in [5, 5.41) is 16.1. The summed E-state index contributed by atoms with van der Waals surface area (Å²) in [5.74, 6) is 1.08. The molecule has 2 aromatic heterocycles. The molecule has 27 heavy (non-hydrogen) atoms. The Morgan fingerprint density at radius 3 is 2.89 bits per heavy atom. The van der Waals surface area contributed by atoms with Crippen LogP contribution in [0.15, 0.2) is 42.7 Å². The zero-order chi connectivity index (χ0) is 18.6. The van der Waals surface area contributed by atoms with Crippen LogP contribution >= 0.6 is 11.6 Å². The highest BCUT2D eigenvalue weighted by atomic mass is 35.5. The van der Waals surface area contributed by atoms with Gasteiger partial charge in [0.2, 0.25) is 5.91 Å². The molecule has 3 aromatic rings. The van der Waals surface area contributed by atoms with E-state index in [0.717, 1.165) is 54.4 Å². The van der Waals surface area contributed by atoms with Gasteiger partial charge < -0.3 is 10.2 Å². The fourth-order valence-electron chi connectivity index (χ4n) is 3.42. The zero-order valence-electron chi connectivity index (χ0n) is 14.9. The molecule has 1 N–H and O–H groups in total. The first kappa shape index (κ1) is 17.7. The summed E-state index contributed by atoms with van der Waals surface area (Å²) in [7, 11) is 0. The molecule has 0 bridgehead atoms. The van der Waals surface area contributed by atoms with E-state index in [9.17, 15) is 4.79 Å². The maximum absolute atomic E-state index is 12.4. The van der Waals surface area contributed by atoms with Gasteiger partial charge >= 0.3 is 0 Å². The van der Waals surface area contributed by atoms with Crippen LogP contribution in [0, 0.1) is 5.92 Å². The van der Waals surface area contributed by atoms with Crippen molar-refractivity contribution in [3.63, 3.8) is 0 Å². The molecule has 0 saturated carbocycles. The number of halogens is 1. The van der Waals surface area contributed by atoms with Crippen LogP contribution in [0.2, 0.25) is 5.02 Å². The number of piperidine rings is 1. The van der Waals surface area contributed by atoms with E-state index in [1.165, 1.54) is 0 Å². The van der Waals surface area contributed by atoms with E-state index in [1.807, 2.05) is 36.4 Å². The molecule has 1 aliphatic heterocycles. The van der Waals surface area contributed by atoms with Crippen molar-refractivity contribution in [2.75, 3.05) is 24.5 Å². The lowest BCUT2D eigenvalue weighted by Gasteiger charge is -2.32. The van der Waals surface area contributed by atoms with Gasteiger partial charge in [-0.25, -0.2) is 0 Å². The molecule has 8 heteroatoms. The Bertz CT molecular complexity index is 935. The van der Waals surface area contributed by atoms with Gasteiger partial charge in [0.25, 0.3) is 0 Å². The summed E-state index contributed by atoms with van der Waals surface area (Å²) < 4.78 is 1.67. The lowest BCUT2D eigenvalue weighted by molar-refractivity contribution is -0.125. The number of fused-ring (bicyclic) bond motifs is 1. The largest absolute Gasteiger partial charge is 0.356 e. The molecule has 3 heterocycles. The van der Waals surface area contributed by atoms with Crippen LogP contribution in [-0.2, 0) is 11.2 Å². The summed E-state index contributed by atoms with van der Waals surface area (Å²) in [6.45, 7) is 2.26. The normalized spacial score (nSPS) is 15.2. The van der Waals surface area contributed by atoms with Crippen molar-refractivity contribution in [3.05, 3.63) is 53.3 Å². The summed E-state index contributed by atoms with van der Waals surface area (Å²) in [6.07, 6.45) is 4.03. The van der Waals surface area contributed by atoms with Gasteiger partial charge in [0.05, 0.1) is 0 Å². The average Bonchev–Trinajstić information content (AvgIpc) is 3.16. The topological polar surface area (TPSA) is 75.4 Å². The van der Waals surface area contributed by atoms with Crippen LogP contribution in [0.4, 0.5) is 5.82 Å². The summed E-state index contributed by atoms with van der Waals surface area (Å²) >= 11 is 5.99. The van der Waals surface area contributed by atoms with E-state index < -0.39 is 0 Å². The van der Waals surface area contributed by atoms with E-state index in [0.29, 0.717) is 6.54 Å². The molecule has 1 saturated heterocycles. The van der Waals surface area contributed by atoms with Gasteiger partial charge in [0, 0.05) is 30.6 Å². The SMILES string of the molecule is O=C(NCCc1cccc(Cl)c1)C1CCN(c2ccc3nncn3n2)CC1. The van der Waals surface area contributed by atoms with Crippen molar-refractivity contribution in [1.29, 1.82) is 0 Å². The quantitative estimate of drug-likeness (QED) is 0.730. The minimum Gasteiger partial charge on any atom is -0.356 e. The van der Waals surface area contributed by atoms with Crippen molar-refractivity contribution in [3.8, 4) is 0 Å². The number of rotatable bonds is 5. The van der Waals surface area contributed by atoms with Crippen LogP contribution < -0.4 is 10.2 Å². The molecule has 4 rings (SSSR count). The summed E-state index contributed by atoms with van der Waals surface area (Å²) in [6, 6.07) is 11.6. The zero-order valence-corrected chi connectivity index (χ0v) is 15.6. The number of hydrogen-bond donors (Lipinski definition) is 1. The first-order valence-corrected chi connectivity index (χ1v) is 9.51. The standard InChI is InChI=1S/C19H21ClN6O/c20-16-3-1-2-14(12-16)6-9-21-19(27)15-7-10-25(11-8-15)18-5-4-17-23-22-13-26(17)24-18/h1-5,12-13,15H,6-11H2,(H,21,27). The Hall–Kier alpha value is -2.67. The third-order valence-corrected chi connectivity index (χ3v) is 5.17. The van der Waals surface area contributed by atoms with E-state index in [4.69, 9.17) is 11.6 Å². The molecule has 0 unspecified atom stereocenters. The predicted octanol–water partition coefficient (Wildman–Crippen LogP) is 2.35. The minimum absolute atomic E-state index is 0.0549. The molecular weight excluding hydrogens is 364 g/mol. The van der Waals surface area contributed by atoms with Gasteiger partial charge in [-0.1, -0.05) is 23.7 Å². The van der Waals surface area contributed by atoms with Crippen molar-refractivity contribution in [2.24, 2.45) is 5.92 Å². The maximum Gasteiger partial charge on any atom is 0.223 e. The molecule has 7 nitrogen and oxygen atoms in total. The lowest BCUT2D eigenvalue weighted by Crippen LogP contribution is -2.41. The van der Waals surface area contributed by atoms with E-state index in [-0.39, 0.29) is 11.8 Å². The number of benzene rings is 1. The number of aromatic nitrogens is 4. The van der Waals surface area contributed by atoms with Gasteiger partial charge in [-0.2, -0.15) is 4.52 Å². The van der Waals surface area contributed by atoms with Gasteiger partial charge in [-0.15, -0.1) is 15.3 Å². The van der Waals surface area contributed by atoms with Crippen molar-refractivity contribution in [2.45, 2.75) is 19.3 Å². The van der Waals surface area contributed by atoms with Crippen LogP contribution in [-0.4, -0.2) is 45.4 Å². The highest BCUT2D eigenvalue weighted by molar-refractivity contribution is 6.30. The second-order valence-electron chi connectivity index (χ2n) is 6.76. The molecule has 0 spiro atoms. The van der Waals surface area contributed by atoms with Crippen molar-refractivity contribution < 1.29 is 4.79 Å². The first-order valence-electron chi connectivity index (χ1n) is 9.13. The summed E-state index contributed by atoms with van der Waals surface area (Å²) in [4.78, 5) is 14.7. The monoisotopic (exact) mass is 384 g/mol. The Labute approximate surface area is 162 Å². The van der Waals surface area contributed by atoms with Gasteiger partial charge in [-0.3, -0.25) is 4.79 Å². The number of hydrogen-bond acceptors (Lipinski definition) is 5. The first-order chi connectivity index (χ1) is 13.2. The Morgan fingerprint density at radius 2 is 2.07 bits per heavy atom. The van der Waals surface area contributed by atoms with E-state index in [1.54, 1.807) is 10.8 Å². The number of amides is 1. The van der Waals surface area contributed by atoms with Gasteiger partial charge in [0.1, 0.15) is 12.1 Å². The van der Waals surface area contributed by atoms with Gasteiger partial charge in [-0.05, 0) is 49.1 Å². The molecule has 0 radical (unpaired) electrons. The second kappa shape index (κ2) is 7.92. The van der Waals surface area contributed by atoms with Crippen LogP contribution in [0.5, 0.6) is 0 Å². The molecule has 1 amide bonds. The Balaban J connectivity index is 1.26. The molecule has 0 aliphatic carbocycles. The second-order valence-corrected chi connectivity index (χ2v) is 7.19. The predicted molar refractivity (Wildman–Crippen MR) is 104 cm³/mol.